The first-order chi connectivity index (χ1) is 11.4. The van der Waals surface area contributed by atoms with Crippen LogP contribution in [0, 0.1) is 0 Å². The summed E-state index contributed by atoms with van der Waals surface area (Å²) < 4.78 is 15.5. The molecular weight excluding hydrogens is 350 g/mol. The minimum Gasteiger partial charge on any atom is -0.497 e. The monoisotopic (exact) mass is 367 g/mol. The maximum absolute atomic E-state index is 12.6. The molecule has 6 nitrogen and oxygen atoms in total. The van der Waals surface area contributed by atoms with Gasteiger partial charge in [0.25, 0.3) is 5.91 Å². The van der Waals surface area contributed by atoms with Gasteiger partial charge in [-0.25, -0.2) is 4.79 Å². The highest BCUT2D eigenvalue weighted by Crippen LogP contribution is 2.36. The topological polar surface area (TPSA) is 65.1 Å². The van der Waals surface area contributed by atoms with Gasteiger partial charge in [0.15, 0.2) is 0 Å². The first kappa shape index (κ1) is 18.3. The van der Waals surface area contributed by atoms with Crippen LogP contribution in [0.3, 0.4) is 0 Å². The number of carbonyl (C=O) groups is 2. The molecule has 1 atom stereocenters. The van der Waals surface area contributed by atoms with Crippen molar-refractivity contribution in [2.75, 3.05) is 21.3 Å². The van der Waals surface area contributed by atoms with E-state index >= 15 is 0 Å². The van der Waals surface area contributed by atoms with Crippen LogP contribution in [0.4, 0.5) is 0 Å². The normalized spacial score (nSPS) is 17.2. The molecule has 128 valence electrons. The molecule has 0 aromatic heterocycles. The molecule has 1 aliphatic heterocycles. The van der Waals surface area contributed by atoms with E-state index in [2.05, 4.69) is 4.74 Å². The minimum atomic E-state index is -0.772. The SMILES string of the molecule is COC(=O)C(C)N1C(=O)/C(=C/c2ccc(OC)cc2OC)SC1=S. The van der Waals surface area contributed by atoms with Gasteiger partial charge in [0.2, 0.25) is 0 Å². The van der Waals surface area contributed by atoms with Crippen molar-refractivity contribution < 1.29 is 23.8 Å². The van der Waals surface area contributed by atoms with Gasteiger partial charge >= 0.3 is 5.97 Å². The molecule has 8 heteroatoms. The number of hydrogen-bond donors (Lipinski definition) is 0. The Balaban J connectivity index is 2.34. The molecule has 0 N–H and O–H groups in total. The van der Waals surface area contributed by atoms with Crippen molar-refractivity contribution >= 4 is 46.3 Å². The fraction of sp³-hybridized carbons (Fsp3) is 0.312. The van der Waals surface area contributed by atoms with Gasteiger partial charge < -0.3 is 14.2 Å². The number of esters is 1. The van der Waals surface area contributed by atoms with E-state index in [1.807, 2.05) is 0 Å². The number of amides is 1. The van der Waals surface area contributed by atoms with Crippen LogP contribution in [0.5, 0.6) is 11.5 Å². The second-order valence-electron chi connectivity index (χ2n) is 4.86. The summed E-state index contributed by atoms with van der Waals surface area (Å²) in [6.45, 7) is 1.58. The van der Waals surface area contributed by atoms with Crippen LogP contribution in [-0.2, 0) is 14.3 Å². The Morgan fingerprint density at radius 3 is 2.58 bits per heavy atom. The average Bonchev–Trinajstić information content (AvgIpc) is 2.87. The predicted octanol–water partition coefficient (Wildman–Crippen LogP) is 2.47. The summed E-state index contributed by atoms with van der Waals surface area (Å²) in [6.07, 6.45) is 1.68. The van der Waals surface area contributed by atoms with Gasteiger partial charge in [-0.1, -0.05) is 24.0 Å². The lowest BCUT2D eigenvalue weighted by molar-refractivity contribution is -0.147. The summed E-state index contributed by atoms with van der Waals surface area (Å²) >= 11 is 6.36. The molecule has 0 spiro atoms. The van der Waals surface area contributed by atoms with Crippen LogP contribution in [0.25, 0.3) is 6.08 Å². The molecule has 0 bridgehead atoms. The lowest BCUT2D eigenvalue weighted by atomic mass is 10.1. The molecule has 1 heterocycles. The Bertz CT molecular complexity index is 716. The molecule has 0 aliphatic carbocycles. The molecule has 1 aromatic rings. The van der Waals surface area contributed by atoms with Crippen molar-refractivity contribution in [3.63, 3.8) is 0 Å². The minimum absolute atomic E-state index is 0.316. The maximum Gasteiger partial charge on any atom is 0.328 e. The highest BCUT2D eigenvalue weighted by molar-refractivity contribution is 8.26. The highest BCUT2D eigenvalue weighted by atomic mass is 32.2. The van der Waals surface area contributed by atoms with Gasteiger partial charge in [-0.15, -0.1) is 0 Å². The molecule has 1 unspecified atom stereocenters. The molecule has 2 rings (SSSR count). The zero-order valence-corrected chi connectivity index (χ0v) is 15.3. The van der Waals surface area contributed by atoms with Gasteiger partial charge in [-0.3, -0.25) is 9.69 Å². The van der Waals surface area contributed by atoms with Crippen molar-refractivity contribution in [3.8, 4) is 11.5 Å². The number of benzene rings is 1. The zero-order valence-electron chi connectivity index (χ0n) is 13.7. The average molecular weight is 367 g/mol. The van der Waals surface area contributed by atoms with E-state index in [1.165, 1.54) is 19.1 Å². The quantitative estimate of drug-likeness (QED) is 0.450. The van der Waals surface area contributed by atoms with Crippen LogP contribution in [0.2, 0.25) is 0 Å². The number of thioether (sulfide) groups is 1. The standard InChI is InChI=1S/C16H17NO5S2/c1-9(15(19)22-4)17-14(18)13(24-16(17)23)7-10-5-6-11(20-2)8-12(10)21-3/h5-9H,1-4H3/b13-7-. The van der Waals surface area contributed by atoms with E-state index in [0.717, 1.165) is 11.8 Å². The number of hydrogen-bond acceptors (Lipinski definition) is 7. The van der Waals surface area contributed by atoms with Crippen LogP contribution < -0.4 is 9.47 Å². The Morgan fingerprint density at radius 2 is 2.00 bits per heavy atom. The maximum atomic E-state index is 12.6. The molecule has 0 saturated carbocycles. The molecule has 1 fully saturated rings. The third kappa shape index (κ3) is 3.54. The summed E-state index contributed by atoms with van der Waals surface area (Å²) in [5, 5.41) is 0. The molecule has 1 amide bonds. The summed E-state index contributed by atoms with van der Waals surface area (Å²) in [6, 6.07) is 4.51. The van der Waals surface area contributed by atoms with Crippen molar-refractivity contribution in [3.05, 3.63) is 28.7 Å². The van der Waals surface area contributed by atoms with E-state index in [1.54, 1.807) is 38.3 Å². The van der Waals surface area contributed by atoms with E-state index in [-0.39, 0.29) is 5.91 Å². The van der Waals surface area contributed by atoms with Gasteiger partial charge in [0, 0.05) is 11.6 Å². The number of rotatable bonds is 5. The Labute approximate surface area is 149 Å². The lowest BCUT2D eigenvalue weighted by Crippen LogP contribution is -2.42. The zero-order chi connectivity index (χ0) is 17.9. The molecule has 1 saturated heterocycles. The van der Waals surface area contributed by atoms with Crippen molar-refractivity contribution in [1.82, 2.24) is 4.90 Å². The lowest BCUT2D eigenvalue weighted by Gasteiger charge is -2.20. The number of methoxy groups -OCH3 is 3. The first-order valence-electron chi connectivity index (χ1n) is 6.99. The second kappa shape index (κ2) is 7.67. The van der Waals surface area contributed by atoms with E-state index in [0.29, 0.717) is 26.3 Å². The second-order valence-corrected chi connectivity index (χ2v) is 6.53. The molecule has 1 aliphatic rings. The fourth-order valence-corrected chi connectivity index (χ4v) is 3.58. The molecule has 1 aromatic carbocycles. The van der Waals surface area contributed by atoms with Crippen LogP contribution in [-0.4, -0.2) is 48.5 Å². The molecule has 0 radical (unpaired) electrons. The largest absolute Gasteiger partial charge is 0.497 e. The summed E-state index contributed by atoms with van der Waals surface area (Å²) in [5.74, 6) is 0.367. The van der Waals surface area contributed by atoms with Gasteiger partial charge in [-0.05, 0) is 25.1 Å². The number of ether oxygens (including phenoxy) is 3. The van der Waals surface area contributed by atoms with Crippen LogP contribution >= 0.6 is 24.0 Å². The summed E-state index contributed by atoms with van der Waals surface area (Å²) in [5.41, 5.74) is 0.713. The number of carbonyl (C=O) groups excluding carboxylic acids is 2. The Kier molecular flexibility index (Phi) is 5.84. The first-order valence-corrected chi connectivity index (χ1v) is 8.22. The molecule has 24 heavy (non-hydrogen) atoms. The van der Waals surface area contributed by atoms with Crippen molar-refractivity contribution in [2.45, 2.75) is 13.0 Å². The van der Waals surface area contributed by atoms with Crippen molar-refractivity contribution in [1.29, 1.82) is 0 Å². The third-order valence-electron chi connectivity index (χ3n) is 3.48. The Morgan fingerprint density at radius 1 is 1.29 bits per heavy atom. The van der Waals surface area contributed by atoms with E-state index < -0.39 is 12.0 Å². The molecular formula is C16H17NO5S2. The van der Waals surface area contributed by atoms with E-state index in [9.17, 15) is 9.59 Å². The number of thiocarbonyl (C=S) groups is 1. The van der Waals surface area contributed by atoms with E-state index in [4.69, 9.17) is 21.7 Å². The predicted molar refractivity (Wildman–Crippen MR) is 96.0 cm³/mol. The van der Waals surface area contributed by atoms with Crippen LogP contribution in [0.1, 0.15) is 12.5 Å². The fourth-order valence-electron chi connectivity index (χ4n) is 2.17. The van der Waals surface area contributed by atoms with Crippen molar-refractivity contribution in [2.24, 2.45) is 0 Å². The van der Waals surface area contributed by atoms with Gasteiger partial charge in [-0.2, -0.15) is 0 Å². The van der Waals surface area contributed by atoms with Gasteiger partial charge in [0.1, 0.15) is 21.9 Å². The Hall–Kier alpha value is -2.06. The highest BCUT2D eigenvalue weighted by Gasteiger charge is 2.38. The third-order valence-corrected chi connectivity index (χ3v) is 4.81. The summed E-state index contributed by atoms with van der Waals surface area (Å²) in [4.78, 5) is 25.9. The van der Waals surface area contributed by atoms with Crippen LogP contribution in [0.15, 0.2) is 23.1 Å². The number of nitrogens with zero attached hydrogens (tertiary/aromatic N) is 1. The summed E-state index contributed by atoms with van der Waals surface area (Å²) in [7, 11) is 4.37. The van der Waals surface area contributed by atoms with Gasteiger partial charge in [0.05, 0.1) is 26.2 Å². The smallest absolute Gasteiger partial charge is 0.328 e.